The molecule has 8 nitrogen and oxygen atoms in total. The fraction of sp³-hybridized carbons (Fsp3) is 0.350. The van der Waals surface area contributed by atoms with Gasteiger partial charge in [-0.3, -0.25) is 14.2 Å². The first-order valence-corrected chi connectivity index (χ1v) is 10.3. The van der Waals surface area contributed by atoms with Gasteiger partial charge in [-0.05, 0) is 54.4 Å². The van der Waals surface area contributed by atoms with Crippen LogP contribution in [-0.2, 0) is 13.1 Å². The number of nitrogens with one attached hydrogen (secondary N) is 1. The maximum absolute atomic E-state index is 12.5. The number of hydrogen-bond acceptors (Lipinski definition) is 5. The lowest BCUT2D eigenvalue weighted by Crippen LogP contribution is -2.13. The quantitative estimate of drug-likeness (QED) is 0.521. The SMILES string of the molecule is CCOc1ccc(Cn2cc(NC(=O)c3nn(CC)cc3Br)cn2)cc1OCC. The van der Waals surface area contributed by atoms with E-state index in [1.807, 2.05) is 39.0 Å². The Labute approximate surface area is 177 Å². The molecule has 0 bridgehead atoms. The summed E-state index contributed by atoms with van der Waals surface area (Å²) in [6.45, 7) is 8.20. The third kappa shape index (κ3) is 5.17. The zero-order valence-corrected chi connectivity index (χ0v) is 18.3. The Kier molecular flexibility index (Phi) is 6.92. The molecule has 0 unspecified atom stereocenters. The van der Waals surface area contributed by atoms with Gasteiger partial charge in [-0.25, -0.2) is 0 Å². The van der Waals surface area contributed by atoms with E-state index in [1.54, 1.807) is 28.0 Å². The summed E-state index contributed by atoms with van der Waals surface area (Å²) in [4.78, 5) is 12.5. The number of rotatable bonds is 9. The summed E-state index contributed by atoms with van der Waals surface area (Å²) in [7, 11) is 0. The predicted octanol–water partition coefficient (Wildman–Crippen LogP) is 3.96. The number of carbonyl (C=O) groups is 1. The lowest BCUT2D eigenvalue weighted by Gasteiger charge is -2.12. The van der Waals surface area contributed by atoms with Crippen LogP contribution in [-0.4, -0.2) is 38.7 Å². The van der Waals surface area contributed by atoms with Crippen LogP contribution in [0.4, 0.5) is 5.69 Å². The number of hydrogen-bond donors (Lipinski definition) is 1. The van der Waals surface area contributed by atoms with E-state index in [-0.39, 0.29) is 5.91 Å². The first kappa shape index (κ1) is 20.9. The van der Waals surface area contributed by atoms with Gasteiger partial charge in [-0.15, -0.1) is 0 Å². The molecular formula is C20H24BrN5O3. The summed E-state index contributed by atoms with van der Waals surface area (Å²) >= 11 is 3.37. The minimum atomic E-state index is -0.289. The molecule has 0 radical (unpaired) electrons. The maximum atomic E-state index is 12.5. The second kappa shape index (κ2) is 9.60. The van der Waals surface area contributed by atoms with Crippen LogP contribution in [0.1, 0.15) is 36.8 Å². The van der Waals surface area contributed by atoms with E-state index in [0.29, 0.717) is 47.9 Å². The fourth-order valence-corrected chi connectivity index (χ4v) is 3.29. The number of aryl methyl sites for hydroxylation is 1. The molecule has 0 saturated heterocycles. The van der Waals surface area contributed by atoms with E-state index < -0.39 is 0 Å². The van der Waals surface area contributed by atoms with Crippen LogP contribution < -0.4 is 14.8 Å². The van der Waals surface area contributed by atoms with Gasteiger partial charge in [0.25, 0.3) is 5.91 Å². The highest BCUT2D eigenvalue weighted by atomic mass is 79.9. The fourth-order valence-electron chi connectivity index (χ4n) is 2.80. The molecule has 1 N–H and O–H groups in total. The van der Waals surface area contributed by atoms with E-state index in [9.17, 15) is 4.79 Å². The monoisotopic (exact) mass is 461 g/mol. The molecule has 0 spiro atoms. The predicted molar refractivity (Wildman–Crippen MR) is 114 cm³/mol. The lowest BCUT2D eigenvalue weighted by atomic mass is 10.2. The third-order valence-corrected chi connectivity index (χ3v) is 4.68. The smallest absolute Gasteiger partial charge is 0.277 e. The van der Waals surface area contributed by atoms with E-state index in [0.717, 1.165) is 11.3 Å². The minimum Gasteiger partial charge on any atom is -0.490 e. The molecule has 1 amide bonds. The molecule has 2 aromatic heterocycles. The van der Waals surface area contributed by atoms with Crippen molar-refractivity contribution in [1.29, 1.82) is 0 Å². The molecular weight excluding hydrogens is 438 g/mol. The largest absolute Gasteiger partial charge is 0.490 e. The van der Waals surface area contributed by atoms with E-state index in [1.165, 1.54) is 0 Å². The summed E-state index contributed by atoms with van der Waals surface area (Å²) in [5.74, 6) is 1.15. The van der Waals surface area contributed by atoms with Gasteiger partial charge in [0, 0.05) is 18.9 Å². The lowest BCUT2D eigenvalue weighted by molar-refractivity contribution is 0.102. The van der Waals surface area contributed by atoms with Crippen molar-refractivity contribution >= 4 is 27.5 Å². The van der Waals surface area contributed by atoms with Crippen molar-refractivity contribution in [3.05, 3.63) is 52.5 Å². The molecule has 9 heteroatoms. The van der Waals surface area contributed by atoms with E-state index in [4.69, 9.17) is 9.47 Å². The van der Waals surface area contributed by atoms with Crippen molar-refractivity contribution in [1.82, 2.24) is 19.6 Å². The van der Waals surface area contributed by atoms with Crippen molar-refractivity contribution in [2.45, 2.75) is 33.9 Å². The van der Waals surface area contributed by atoms with Crippen LogP contribution in [0.5, 0.6) is 11.5 Å². The van der Waals surface area contributed by atoms with Gasteiger partial charge in [0.2, 0.25) is 0 Å². The maximum Gasteiger partial charge on any atom is 0.277 e. The third-order valence-electron chi connectivity index (χ3n) is 4.10. The molecule has 29 heavy (non-hydrogen) atoms. The molecule has 3 rings (SSSR count). The van der Waals surface area contributed by atoms with Gasteiger partial charge >= 0.3 is 0 Å². The molecule has 2 heterocycles. The molecule has 1 aromatic carbocycles. The highest BCUT2D eigenvalue weighted by Crippen LogP contribution is 2.29. The second-order valence-corrected chi connectivity index (χ2v) is 7.06. The van der Waals surface area contributed by atoms with Crippen molar-refractivity contribution in [3.8, 4) is 11.5 Å². The Balaban J connectivity index is 1.69. The van der Waals surface area contributed by atoms with Gasteiger partial charge in [-0.2, -0.15) is 10.2 Å². The summed E-state index contributed by atoms with van der Waals surface area (Å²) < 4.78 is 15.4. The summed E-state index contributed by atoms with van der Waals surface area (Å²) in [5.41, 5.74) is 1.96. The Morgan fingerprint density at radius 1 is 1.10 bits per heavy atom. The molecule has 154 valence electrons. The average molecular weight is 462 g/mol. The van der Waals surface area contributed by atoms with Crippen LogP contribution in [0.3, 0.4) is 0 Å². The number of aromatic nitrogens is 4. The topological polar surface area (TPSA) is 83.2 Å². The van der Waals surface area contributed by atoms with Gasteiger partial charge in [0.1, 0.15) is 0 Å². The Morgan fingerprint density at radius 3 is 2.55 bits per heavy atom. The molecule has 0 aliphatic rings. The van der Waals surface area contributed by atoms with Gasteiger partial charge in [0.15, 0.2) is 17.2 Å². The minimum absolute atomic E-state index is 0.289. The van der Waals surface area contributed by atoms with Crippen LogP contribution in [0.2, 0.25) is 0 Å². The van der Waals surface area contributed by atoms with Crippen molar-refractivity contribution < 1.29 is 14.3 Å². The molecule has 0 aliphatic carbocycles. The highest BCUT2D eigenvalue weighted by molar-refractivity contribution is 9.10. The van der Waals surface area contributed by atoms with Crippen LogP contribution in [0.25, 0.3) is 0 Å². The first-order chi connectivity index (χ1) is 14.0. The zero-order valence-electron chi connectivity index (χ0n) is 16.7. The summed E-state index contributed by atoms with van der Waals surface area (Å²) in [6, 6.07) is 5.82. The van der Waals surface area contributed by atoms with Gasteiger partial charge in [-0.1, -0.05) is 6.07 Å². The van der Waals surface area contributed by atoms with Gasteiger partial charge < -0.3 is 14.8 Å². The number of anilines is 1. The summed E-state index contributed by atoms with van der Waals surface area (Å²) in [6.07, 6.45) is 5.17. The molecule has 0 atom stereocenters. The zero-order chi connectivity index (χ0) is 20.8. The Hall–Kier alpha value is -2.81. The molecule has 0 aliphatic heterocycles. The number of amides is 1. The standard InChI is InChI=1S/C20H24BrN5O3/c1-4-25-13-16(21)19(24-25)20(27)23-15-10-22-26(12-15)11-14-7-8-17(28-5-2)18(9-14)29-6-3/h7-10,12-13H,4-6,11H2,1-3H3,(H,23,27). The molecule has 0 fully saturated rings. The number of halogens is 1. The number of benzene rings is 1. The van der Waals surface area contributed by atoms with Crippen molar-refractivity contribution in [2.75, 3.05) is 18.5 Å². The van der Waals surface area contributed by atoms with Crippen LogP contribution in [0.15, 0.2) is 41.3 Å². The number of carbonyl (C=O) groups excluding carboxylic acids is 1. The summed E-state index contributed by atoms with van der Waals surface area (Å²) in [5, 5.41) is 11.4. The Morgan fingerprint density at radius 2 is 1.86 bits per heavy atom. The van der Waals surface area contributed by atoms with Crippen molar-refractivity contribution in [3.63, 3.8) is 0 Å². The molecule has 3 aromatic rings. The molecule has 0 saturated carbocycles. The van der Waals surface area contributed by atoms with Gasteiger partial charge in [0.05, 0.1) is 36.1 Å². The van der Waals surface area contributed by atoms with E-state index >= 15 is 0 Å². The van der Waals surface area contributed by atoms with Crippen LogP contribution >= 0.6 is 15.9 Å². The number of nitrogens with zero attached hydrogens (tertiary/aromatic N) is 4. The number of ether oxygens (including phenoxy) is 2. The van der Waals surface area contributed by atoms with Crippen molar-refractivity contribution in [2.24, 2.45) is 0 Å². The highest BCUT2D eigenvalue weighted by Gasteiger charge is 2.16. The van der Waals surface area contributed by atoms with Crippen LogP contribution in [0, 0.1) is 0 Å². The van der Waals surface area contributed by atoms with E-state index in [2.05, 4.69) is 31.4 Å². The Bertz CT molecular complexity index is 982. The normalized spacial score (nSPS) is 10.8. The first-order valence-electron chi connectivity index (χ1n) is 9.49. The average Bonchev–Trinajstić information content (AvgIpc) is 3.30. The second-order valence-electron chi connectivity index (χ2n) is 6.21.